The van der Waals surface area contributed by atoms with E-state index in [0.717, 1.165) is 55.8 Å². The van der Waals surface area contributed by atoms with Gasteiger partial charge in [0.15, 0.2) is 0 Å². The lowest BCUT2D eigenvalue weighted by Gasteiger charge is -2.13. The van der Waals surface area contributed by atoms with Crippen LogP contribution in [0.2, 0.25) is 0 Å². The largest absolute Gasteiger partial charge is 0.264 e. The molecule has 2 heterocycles. The summed E-state index contributed by atoms with van der Waals surface area (Å²) in [5.74, 6) is 0. The first-order valence-electron chi connectivity index (χ1n) is 10.0. The second-order valence-corrected chi connectivity index (χ2v) is 7.50. The fourth-order valence-corrected chi connectivity index (χ4v) is 3.75. The Balaban J connectivity index is 1.72. The fourth-order valence-electron chi connectivity index (χ4n) is 3.75. The molecule has 0 N–H and O–H groups in total. The van der Waals surface area contributed by atoms with Crippen molar-refractivity contribution in [2.45, 2.75) is 13.8 Å². The molecule has 0 aliphatic rings. The monoisotopic (exact) mass is 387 g/mol. The summed E-state index contributed by atoms with van der Waals surface area (Å²) in [6.45, 7) is 4.18. The molecule has 0 saturated heterocycles. The topological polar surface area (TPSA) is 38.7 Å². The summed E-state index contributed by atoms with van der Waals surface area (Å²) in [5.41, 5.74) is 10.4. The smallest absolute Gasteiger partial charge is 0.0973 e. The van der Waals surface area contributed by atoms with Gasteiger partial charge in [-0.2, -0.15) is 0 Å². The molecule has 0 aliphatic carbocycles. The quantitative estimate of drug-likeness (QED) is 0.348. The molecule has 0 aliphatic heterocycles. The van der Waals surface area contributed by atoms with Gasteiger partial charge in [0.1, 0.15) is 0 Å². The van der Waals surface area contributed by atoms with Crippen LogP contribution in [0.4, 0.5) is 0 Å². The van der Waals surface area contributed by atoms with Crippen LogP contribution >= 0.6 is 0 Å². The van der Waals surface area contributed by atoms with E-state index >= 15 is 0 Å². The number of aromatic nitrogens is 3. The number of hydrogen-bond acceptors (Lipinski definition) is 3. The van der Waals surface area contributed by atoms with Crippen LogP contribution in [0.15, 0.2) is 91.3 Å². The van der Waals surface area contributed by atoms with Gasteiger partial charge >= 0.3 is 0 Å². The van der Waals surface area contributed by atoms with Crippen molar-refractivity contribution in [1.29, 1.82) is 0 Å². The van der Waals surface area contributed by atoms with E-state index in [4.69, 9.17) is 9.97 Å². The summed E-state index contributed by atoms with van der Waals surface area (Å²) in [4.78, 5) is 14.4. The van der Waals surface area contributed by atoms with Crippen molar-refractivity contribution in [3.05, 3.63) is 102 Å². The highest BCUT2D eigenvalue weighted by atomic mass is 14.8. The molecule has 0 atom stereocenters. The van der Waals surface area contributed by atoms with E-state index in [1.165, 1.54) is 0 Å². The number of rotatable bonds is 3. The van der Waals surface area contributed by atoms with E-state index in [0.29, 0.717) is 0 Å². The summed E-state index contributed by atoms with van der Waals surface area (Å²) >= 11 is 0. The molecule has 0 radical (unpaired) electrons. The lowest BCUT2D eigenvalue weighted by Crippen LogP contribution is -1.98. The average molecular weight is 387 g/mol. The molecule has 0 fully saturated rings. The number of nitrogens with zero attached hydrogens (tertiary/aromatic N) is 3. The Morgan fingerprint density at radius 3 is 1.60 bits per heavy atom. The molecule has 3 nitrogen and oxygen atoms in total. The molecule has 0 spiro atoms. The van der Waals surface area contributed by atoms with E-state index in [2.05, 4.69) is 73.4 Å². The van der Waals surface area contributed by atoms with Crippen LogP contribution in [0, 0.1) is 13.8 Å². The second kappa shape index (κ2) is 7.53. The first-order valence-corrected chi connectivity index (χ1v) is 10.0. The summed E-state index contributed by atoms with van der Waals surface area (Å²) in [6.07, 6.45) is 3.67. The van der Waals surface area contributed by atoms with Crippen LogP contribution in [-0.4, -0.2) is 15.0 Å². The van der Waals surface area contributed by atoms with Crippen LogP contribution in [0.25, 0.3) is 44.7 Å². The average Bonchev–Trinajstić information content (AvgIpc) is 2.82. The Morgan fingerprint density at radius 1 is 0.500 bits per heavy atom. The van der Waals surface area contributed by atoms with Crippen molar-refractivity contribution in [3.8, 4) is 33.6 Å². The third kappa shape index (κ3) is 3.25. The predicted octanol–water partition coefficient (Wildman–Crippen LogP) is 6.64. The third-order valence-electron chi connectivity index (χ3n) is 5.43. The number of fused-ring (bicyclic) bond motifs is 1. The third-order valence-corrected chi connectivity index (χ3v) is 5.43. The molecule has 5 aromatic rings. The number of aryl methyl sites for hydroxylation is 2. The van der Waals surface area contributed by atoms with Gasteiger partial charge in [-0.1, -0.05) is 72.8 Å². The summed E-state index contributed by atoms with van der Waals surface area (Å²) < 4.78 is 0. The molecule has 5 rings (SSSR count). The van der Waals surface area contributed by atoms with E-state index in [-0.39, 0.29) is 0 Å². The van der Waals surface area contributed by atoms with Gasteiger partial charge in [-0.3, -0.25) is 4.98 Å². The molecule has 0 amide bonds. The lowest BCUT2D eigenvalue weighted by molar-refractivity contribution is 1.25. The van der Waals surface area contributed by atoms with Gasteiger partial charge in [0.25, 0.3) is 0 Å². The molecule has 0 bridgehead atoms. The molecule has 144 valence electrons. The van der Waals surface area contributed by atoms with Crippen molar-refractivity contribution in [3.63, 3.8) is 0 Å². The molecule has 0 unspecified atom stereocenters. The van der Waals surface area contributed by atoms with E-state index in [9.17, 15) is 0 Å². The maximum atomic E-state index is 5.11. The Morgan fingerprint density at radius 2 is 1.03 bits per heavy atom. The van der Waals surface area contributed by atoms with E-state index in [1.54, 1.807) is 6.20 Å². The first kappa shape index (κ1) is 18.2. The Hall–Kier alpha value is -3.85. The van der Waals surface area contributed by atoms with E-state index in [1.807, 2.05) is 30.5 Å². The maximum Gasteiger partial charge on any atom is 0.0973 e. The standard InChI is InChI=1S/C27H21N3/c1-18-10-11-19(2)25-24(18)29-26(21-7-4-3-5-8-21)27(30-25)22-14-12-20(13-15-22)23-9-6-16-28-17-23/h3-17H,1-2H3. The predicted molar refractivity (Wildman–Crippen MR) is 123 cm³/mol. The molecule has 3 heteroatoms. The molecule has 3 aromatic carbocycles. The normalized spacial score (nSPS) is 11.0. The molecular weight excluding hydrogens is 366 g/mol. The highest BCUT2D eigenvalue weighted by Crippen LogP contribution is 2.33. The van der Waals surface area contributed by atoms with Gasteiger partial charge in [-0.15, -0.1) is 0 Å². The zero-order valence-corrected chi connectivity index (χ0v) is 17.0. The van der Waals surface area contributed by atoms with Crippen molar-refractivity contribution < 1.29 is 0 Å². The van der Waals surface area contributed by atoms with Gasteiger partial charge in [-0.25, -0.2) is 9.97 Å². The SMILES string of the molecule is Cc1ccc(C)c2nc(-c3ccc(-c4cccnc4)cc3)c(-c3ccccc3)nc12. The Labute approximate surface area is 176 Å². The minimum atomic E-state index is 0.903. The van der Waals surface area contributed by atoms with Crippen molar-refractivity contribution >= 4 is 11.0 Å². The maximum absolute atomic E-state index is 5.11. The molecule has 30 heavy (non-hydrogen) atoms. The number of benzene rings is 3. The van der Waals surface area contributed by atoms with Crippen LogP contribution in [0.5, 0.6) is 0 Å². The highest BCUT2D eigenvalue weighted by molar-refractivity contribution is 5.89. The Kier molecular flexibility index (Phi) is 4.56. The zero-order chi connectivity index (χ0) is 20.5. The van der Waals surface area contributed by atoms with Crippen molar-refractivity contribution in [1.82, 2.24) is 15.0 Å². The summed E-state index contributed by atoms with van der Waals surface area (Å²) in [5, 5.41) is 0. The van der Waals surface area contributed by atoms with E-state index < -0.39 is 0 Å². The van der Waals surface area contributed by atoms with Gasteiger partial charge in [0.05, 0.1) is 22.4 Å². The molecule has 2 aromatic heterocycles. The van der Waals surface area contributed by atoms with Crippen LogP contribution < -0.4 is 0 Å². The lowest BCUT2D eigenvalue weighted by atomic mass is 10.00. The van der Waals surface area contributed by atoms with Gasteiger partial charge in [0, 0.05) is 23.5 Å². The van der Waals surface area contributed by atoms with Crippen LogP contribution in [0.3, 0.4) is 0 Å². The zero-order valence-electron chi connectivity index (χ0n) is 17.0. The minimum Gasteiger partial charge on any atom is -0.264 e. The number of pyridine rings is 1. The van der Waals surface area contributed by atoms with Gasteiger partial charge in [0.2, 0.25) is 0 Å². The minimum absolute atomic E-state index is 0.903. The number of hydrogen-bond donors (Lipinski definition) is 0. The van der Waals surface area contributed by atoms with Crippen LogP contribution in [0.1, 0.15) is 11.1 Å². The molecular formula is C27H21N3. The van der Waals surface area contributed by atoms with Crippen molar-refractivity contribution in [2.24, 2.45) is 0 Å². The summed E-state index contributed by atoms with van der Waals surface area (Å²) in [7, 11) is 0. The first-order chi connectivity index (χ1) is 14.7. The Bertz CT molecular complexity index is 1330. The van der Waals surface area contributed by atoms with Gasteiger partial charge in [-0.05, 0) is 42.2 Å². The molecule has 0 saturated carbocycles. The van der Waals surface area contributed by atoms with Gasteiger partial charge < -0.3 is 0 Å². The second-order valence-electron chi connectivity index (χ2n) is 7.50. The van der Waals surface area contributed by atoms with Crippen molar-refractivity contribution in [2.75, 3.05) is 0 Å². The van der Waals surface area contributed by atoms with Crippen LogP contribution in [-0.2, 0) is 0 Å². The fraction of sp³-hybridized carbons (Fsp3) is 0.0741. The highest BCUT2D eigenvalue weighted by Gasteiger charge is 2.15. The summed E-state index contributed by atoms with van der Waals surface area (Å²) in [6, 6.07) is 27.0.